The molecule has 0 unspecified atom stereocenters. The van der Waals surface area contributed by atoms with Crippen molar-refractivity contribution < 1.29 is 46.3 Å². The second-order valence-electron chi connectivity index (χ2n) is 12.5. The SMILES string of the molecule is CC(C)(C)O.CC(C)(C)O.CC(C)(C)O.CC(C)C[Si](O)(CC(C)C)CC(C)C.[Zr]. The summed E-state index contributed by atoms with van der Waals surface area (Å²) >= 11 is 0. The van der Waals surface area contributed by atoms with Crippen molar-refractivity contribution >= 4 is 8.32 Å². The molecule has 0 rings (SSSR count). The third-order valence-corrected chi connectivity index (χ3v) is 7.09. The predicted molar refractivity (Wildman–Crippen MR) is 133 cm³/mol. The Balaban J connectivity index is -0.000000108. The first kappa shape index (κ1) is 41.2. The van der Waals surface area contributed by atoms with E-state index in [1.807, 2.05) is 0 Å². The van der Waals surface area contributed by atoms with Gasteiger partial charge in [-0.2, -0.15) is 0 Å². The molecule has 4 nitrogen and oxygen atoms in total. The average molecular weight is 530 g/mol. The summed E-state index contributed by atoms with van der Waals surface area (Å²) in [6.45, 7) is 29.0. The first-order chi connectivity index (χ1) is 12.2. The summed E-state index contributed by atoms with van der Waals surface area (Å²) in [6.07, 6.45) is 0. The second kappa shape index (κ2) is 18.4. The molecule has 30 heavy (non-hydrogen) atoms. The zero-order valence-electron chi connectivity index (χ0n) is 23.1. The molecule has 0 spiro atoms. The van der Waals surface area contributed by atoms with E-state index in [2.05, 4.69) is 41.5 Å². The first-order valence-electron chi connectivity index (χ1n) is 11.1. The van der Waals surface area contributed by atoms with Crippen LogP contribution in [0.2, 0.25) is 18.1 Å². The second-order valence-corrected chi connectivity index (χ2v) is 16.2. The maximum atomic E-state index is 10.7. The Morgan fingerprint density at radius 3 is 0.667 bits per heavy atom. The summed E-state index contributed by atoms with van der Waals surface area (Å²) in [5.41, 5.74) is -1.50. The zero-order valence-corrected chi connectivity index (χ0v) is 26.6. The predicted octanol–water partition coefficient (Wildman–Crippen LogP) is 6.22. The molecule has 0 atom stereocenters. The number of hydrogen-bond donors (Lipinski definition) is 4. The fourth-order valence-corrected chi connectivity index (χ4v) is 7.59. The van der Waals surface area contributed by atoms with Crippen molar-refractivity contribution in [3.05, 3.63) is 0 Å². The van der Waals surface area contributed by atoms with Crippen molar-refractivity contribution in [2.75, 3.05) is 0 Å². The Kier molecular flexibility index (Phi) is 25.2. The molecule has 0 aliphatic rings. The number of hydrogen-bond acceptors (Lipinski definition) is 4. The molecule has 6 heteroatoms. The van der Waals surface area contributed by atoms with Crippen LogP contribution in [-0.4, -0.2) is 45.2 Å². The van der Waals surface area contributed by atoms with E-state index in [1.165, 1.54) is 0 Å². The van der Waals surface area contributed by atoms with Crippen LogP contribution in [-0.2, 0) is 26.2 Å². The Morgan fingerprint density at radius 2 is 0.600 bits per heavy atom. The van der Waals surface area contributed by atoms with Crippen LogP contribution in [0.25, 0.3) is 0 Å². The smallest absolute Gasteiger partial charge is 0.189 e. The maximum absolute atomic E-state index is 10.7. The van der Waals surface area contributed by atoms with Crippen LogP contribution >= 0.6 is 0 Å². The van der Waals surface area contributed by atoms with Crippen LogP contribution in [0.15, 0.2) is 0 Å². The van der Waals surface area contributed by atoms with E-state index < -0.39 is 25.1 Å². The van der Waals surface area contributed by atoms with E-state index in [9.17, 15) is 4.80 Å². The van der Waals surface area contributed by atoms with Gasteiger partial charge in [-0.05, 0) is 98.2 Å². The Labute approximate surface area is 210 Å². The fraction of sp³-hybridized carbons (Fsp3) is 1.00. The van der Waals surface area contributed by atoms with Gasteiger partial charge in [0.25, 0.3) is 0 Å². The van der Waals surface area contributed by atoms with E-state index in [0.29, 0.717) is 17.8 Å². The Morgan fingerprint density at radius 1 is 0.500 bits per heavy atom. The van der Waals surface area contributed by atoms with Crippen molar-refractivity contribution in [3.63, 3.8) is 0 Å². The summed E-state index contributed by atoms with van der Waals surface area (Å²) in [6, 6.07) is 3.22. The van der Waals surface area contributed by atoms with Crippen molar-refractivity contribution in [3.8, 4) is 0 Å². The molecule has 4 N–H and O–H groups in total. The standard InChI is InChI=1S/C12H28OSi.3C4H10O.Zr/c1-10(2)7-14(13,8-11(3)4)9-12(5)6;3*1-4(2,3)5;/h10-13H,7-9H2,1-6H3;3*5H,1-3H3;. The minimum Gasteiger partial charge on any atom is -0.432 e. The van der Waals surface area contributed by atoms with Gasteiger partial charge in [-0.3, -0.25) is 0 Å². The summed E-state index contributed by atoms with van der Waals surface area (Å²) in [7, 11) is -1.94. The van der Waals surface area contributed by atoms with Gasteiger partial charge in [0, 0.05) is 26.2 Å². The molecule has 0 aromatic carbocycles. The summed E-state index contributed by atoms with van der Waals surface area (Å²) < 4.78 is 0. The Bertz CT molecular complexity index is 292. The van der Waals surface area contributed by atoms with Gasteiger partial charge >= 0.3 is 0 Å². The normalized spacial score (nSPS) is 12.2. The van der Waals surface area contributed by atoms with Gasteiger partial charge in [0.2, 0.25) is 0 Å². The minimum absolute atomic E-state index is 0. The number of rotatable bonds is 6. The summed E-state index contributed by atoms with van der Waals surface area (Å²) in [4.78, 5) is 10.7. The van der Waals surface area contributed by atoms with E-state index in [1.54, 1.807) is 62.3 Å². The molecular weight excluding hydrogens is 472 g/mol. The van der Waals surface area contributed by atoms with Crippen LogP contribution in [0.1, 0.15) is 104 Å². The van der Waals surface area contributed by atoms with Crippen molar-refractivity contribution in [2.45, 2.75) is 139 Å². The van der Waals surface area contributed by atoms with Gasteiger partial charge < -0.3 is 20.1 Å². The van der Waals surface area contributed by atoms with E-state index in [0.717, 1.165) is 18.1 Å². The number of aliphatic hydroxyl groups is 3. The molecular formula is C24H58O4SiZr. The molecule has 0 amide bonds. The molecule has 0 aliphatic carbocycles. The van der Waals surface area contributed by atoms with Crippen LogP contribution < -0.4 is 0 Å². The van der Waals surface area contributed by atoms with Gasteiger partial charge in [-0.25, -0.2) is 0 Å². The van der Waals surface area contributed by atoms with Crippen LogP contribution in [0, 0.1) is 17.8 Å². The fourth-order valence-electron chi connectivity index (χ4n) is 2.53. The molecule has 0 fully saturated rings. The molecule has 0 aliphatic heterocycles. The van der Waals surface area contributed by atoms with E-state index >= 15 is 0 Å². The molecule has 186 valence electrons. The maximum Gasteiger partial charge on any atom is 0.189 e. The van der Waals surface area contributed by atoms with Crippen molar-refractivity contribution in [2.24, 2.45) is 17.8 Å². The van der Waals surface area contributed by atoms with Gasteiger partial charge in [0.15, 0.2) is 8.32 Å². The molecule has 0 aromatic heterocycles. The van der Waals surface area contributed by atoms with Crippen LogP contribution in [0.3, 0.4) is 0 Å². The molecule has 0 saturated carbocycles. The summed E-state index contributed by atoms with van der Waals surface area (Å²) in [5, 5.41) is 25.6. The summed E-state index contributed by atoms with van der Waals surface area (Å²) in [5.74, 6) is 1.93. The van der Waals surface area contributed by atoms with Crippen LogP contribution in [0.4, 0.5) is 0 Å². The van der Waals surface area contributed by atoms with E-state index in [4.69, 9.17) is 15.3 Å². The monoisotopic (exact) mass is 528 g/mol. The molecule has 0 bridgehead atoms. The van der Waals surface area contributed by atoms with Gasteiger partial charge in [0.1, 0.15) is 0 Å². The average Bonchev–Trinajstić information content (AvgIpc) is 2.14. The third-order valence-electron chi connectivity index (χ3n) is 2.36. The largest absolute Gasteiger partial charge is 0.432 e. The zero-order chi connectivity index (χ0) is 24.9. The van der Waals surface area contributed by atoms with Crippen molar-refractivity contribution in [1.29, 1.82) is 0 Å². The topological polar surface area (TPSA) is 80.9 Å². The third kappa shape index (κ3) is 88.9. The molecule has 0 heterocycles. The molecule has 0 aromatic rings. The van der Waals surface area contributed by atoms with Gasteiger partial charge in [-0.1, -0.05) is 41.5 Å². The van der Waals surface area contributed by atoms with Crippen molar-refractivity contribution in [1.82, 2.24) is 0 Å². The van der Waals surface area contributed by atoms with E-state index in [-0.39, 0.29) is 26.2 Å². The minimum atomic E-state index is -1.94. The Hall–Kier alpha value is 0.940. The molecule has 0 saturated heterocycles. The van der Waals surface area contributed by atoms with Crippen LogP contribution in [0.5, 0.6) is 0 Å². The van der Waals surface area contributed by atoms with Gasteiger partial charge in [0.05, 0.1) is 16.8 Å². The first-order valence-corrected chi connectivity index (χ1v) is 13.7. The van der Waals surface area contributed by atoms with Gasteiger partial charge in [-0.15, -0.1) is 0 Å². The molecule has 0 radical (unpaired) electrons. The quantitative estimate of drug-likeness (QED) is 0.308.